The Morgan fingerprint density at radius 2 is 1.97 bits per heavy atom. The number of aliphatic carboxylic acids is 1. The van der Waals surface area contributed by atoms with Gasteiger partial charge in [-0.15, -0.1) is 0 Å². The number of rotatable bonds is 6. The van der Waals surface area contributed by atoms with Gasteiger partial charge in [0.05, 0.1) is 17.3 Å². The van der Waals surface area contributed by atoms with E-state index >= 15 is 0 Å². The molecule has 156 valence electrons. The van der Waals surface area contributed by atoms with Crippen molar-refractivity contribution in [2.45, 2.75) is 38.6 Å². The molecule has 2 atom stereocenters. The van der Waals surface area contributed by atoms with Gasteiger partial charge in [-0.1, -0.05) is 13.0 Å². The van der Waals surface area contributed by atoms with E-state index in [1.807, 2.05) is 33.7 Å². The van der Waals surface area contributed by atoms with E-state index in [4.69, 9.17) is 10.1 Å². The van der Waals surface area contributed by atoms with Crippen LogP contribution in [0.2, 0.25) is 0 Å². The molecule has 2 aromatic heterocycles. The number of fused-ring (bicyclic) bond motifs is 1. The fourth-order valence-corrected chi connectivity index (χ4v) is 4.24. The highest BCUT2D eigenvalue weighted by molar-refractivity contribution is 5.80. The van der Waals surface area contributed by atoms with Crippen LogP contribution in [0.5, 0.6) is 0 Å². The number of pyridine rings is 1. The summed E-state index contributed by atoms with van der Waals surface area (Å²) in [4.78, 5) is 30.6. The van der Waals surface area contributed by atoms with Crippen molar-refractivity contribution < 1.29 is 19.1 Å². The summed E-state index contributed by atoms with van der Waals surface area (Å²) >= 11 is 0. The minimum atomic E-state index is -0.892. The van der Waals surface area contributed by atoms with Gasteiger partial charge < -0.3 is 14.4 Å². The third-order valence-corrected chi connectivity index (χ3v) is 5.61. The molecular formula is C23H24FN3O3. The second kappa shape index (κ2) is 8.26. The Labute approximate surface area is 174 Å². The SMILES string of the molecule is CC(CC(=O)O)CC(=O)N1CCCC1c1nc(-c2ccc(F)cc2)c2ccccn12. The molecule has 0 bridgehead atoms. The quantitative estimate of drug-likeness (QED) is 0.659. The lowest BCUT2D eigenvalue weighted by molar-refractivity contribution is -0.138. The van der Waals surface area contributed by atoms with Gasteiger partial charge in [-0.25, -0.2) is 9.37 Å². The van der Waals surface area contributed by atoms with E-state index in [0.29, 0.717) is 6.54 Å². The van der Waals surface area contributed by atoms with Crippen molar-refractivity contribution in [2.24, 2.45) is 5.92 Å². The smallest absolute Gasteiger partial charge is 0.303 e. The number of halogens is 1. The fraction of sp³-hybridized carbons (Fsp3) is 0.348. The summed E-state index contributed by atoms with van der Waals surface area (Å²) in [5.74, 6) is -0.672. The first kappa shape index (κ1) is 20.1. The van der Waals surface area contributed by atoms with Crippen LogP contribution in [-0.2, 0) is 9.59 Å². The number of imidazole rings is 1. The lowest BCUT2D eigenvalue weighted by atomic mass is 10.0. The van der Waals surface area contributed by atoms with Gasteiger partial charge in [-0.3, -0.25) is 9.59 Å². The van der Waals surface area contributed by atoms with Crippen molar-refractivity contribution in [3.05, 3.63) is 60.3 Å². The third kappa shape index (κ3) is 3.92. The fourth-order valence-electron chi connectivity index (χ4n) is 4.24. The number of nitrogens with zero attached hydrogens (tertiary/aromatic N) is 3. The minimum absolute atomic E-state index is 0.0226. The molecule has 1 saturated heterocycles. The Hall–Kier alpha value is -3.22. The monoisotopic (exact) mass is 409 g/mol. The molecule has 1 amide bonds. The summed E-state index contributed by atoms with van der Waals surface area (Å²) in [6.07, 6.45) is 3.79. The number of hydrogen-bond donors (Lipinski definition) is 1. The third-order valence-electron chi connectivity index (χ3n) is 5.61. The van der Waals surface area contributed by atoms with Crippen LogP contribution in [0.4, 0.5) is 4.39 Å². The van der Waals surface area contributed by atoms with Crippen LogP contribution in [0.25, 0.3) is 16.8 Å². The van der Waals surface area contributed by atoms with Crippen molar-refractivity contribution >= 4 is 17.4 Å². The number of likely N-dealkylation sites (tertiary alicyclic amines) is 1. The van der Waals surface area contributed by atoms with E-state index in [1.54, 1.807) is 19.1 Å². The Balaban J connectivity index is 1.67. The highest BCUT2D eigenvalue weighted by atomic mass is 19.1. The topological polar surface area (TPSA) is 74.9 Å². The van der Waals surface area contributed by atoms with E-state index in [-0.39, 0.29) is 36.5 Å². The van der Waals surface area contributed by atoms with Gasteiger partial charge >= 0.3 is 5.97 Å². The molecule has 0 aliphatic carbocycles. The van der Waals surface area contributed by atoms with Crippen LogP contribution >= 0.6 is 0 Å². The maximum atomic E-state index is 13.4. The second-order valence-corrected chi connectivity index (χ2v) is 7.93. The van der Waals surface area contributed by atoms with Crippen molar-refractivity contribution in [2.75, 3.05) is 6.54 Å². The van der Waals surface area contributed by atoms with E-state index in [9.17, 15) is 14.0 Å². The van der Waals surface area contributed by atoms with Crippen LogP contribution in [0.1, 0.15) is 44.5 Å². The number of aromatic nitrogens is 2. The standard InChI is InChI=1S/C23H24FN3O3/c1-15(14-21(29)30)13-20(28)26-12-4-6-19(26)23-25-22(16-7-9-17(24)10-8-16)18-5-2-3-11-27(18)23/h2-3,5,7-11,15,19H,4,6,12-14H2,1H3,(H,29,30). The molecule has 0 spiro atoms. The molecule has 7 heteroatoms. The maximum absolute atomic E-state index is 13.4. The number of carbonyl (C=O) groups excluding carboxylic acids is 1. The number of carbonyl (C=O) groups is 2. The zero-order valence-electron chi connectivity index (χ0n) is 16.8. The summed E-state index contributed by atoms with van der Waals surface area (Å²) in [6.45, 7) is 2.42. The molecule has 6 nitrogen and oxygen atoms in total. The molecule has 3 aromatic rings. The summed E-state index contributed by atoms with van der Waals surface area (Å²) in [6, 6.07) is 11.9. The van der Waals surface area contributed by atoms with Crippen molar-refractivity contribution in [3.63, 3.8) is 0 Å². The normalized spacial score (nSPS) is 17.4. The summed E-state index contributed by atoms with van der Waals surface area (Å²) in [7, 11) is 0. The summed E-state index contributed by atoms with van der Waals surface area (Å²) in [5, 5.41) is 8.98. The molecule has 2 unspecified atom stereocenters. The van der Waals surface area contributed by atoms with Crippen LogP contribution in [-0.4, -0.2) is 37.8 Å². The molecule has 30 heavy (non-hydrogen) atoms. The molecule has 1 N–H and O–H groups in total. The van der Waals surface area contributed by atoms with Crippen LogP contribution in [0.15, 0.2) is 48.7 Å². The molecule has 1 aliphatic heterocycles. The largest absolute Gasteiger partial charge is 0.481 e. The Kier molecular flexibility index (Phi) is 5.53. The average molecular weight is 409 g/mol. The molecule has 3 heterocycles. The summed E-state index contributed by atoms with van der Waals surface area (Å²) in [5.41, 5.74) is 2.47. The predicted octanol–water partition coefficient (Wildman–Crippen LogP) is 4.30. The predicted molar refractivity (Wildman–Crippen MR) is 110 cm³/mol. The van der Waals surface area contributed by atoms with Crippen molar-refractivity contribution in [3.8, 4) is 11.3 Å². The molecule has 1 fully saturated rings. The molecule has 1 aliphatic rings. The van der Waals surface area contributed by atoms with Gasteiger partial charge in [0.15, 0.2) is 0 Å². The van der Waals surface area contributed by atoms with Crippen molar-refractivity contribution in [1.82, 2.24) is 14.3 Å². The van der Waals surface area contributed by atoms with E-state index in [0.717, 1.165) is 35.4 Å². The second-order valence-electron chi connectivity index (χ2n) is 7.93. The molecule has 1 aromatic carbocycles. The van der Waals surface area contributed by atoms with Crippen LogP contribution in [0.3, 0.4) is 0 Å². The van der Waals surface area contributed by atoms with Crippen LogP contribution in [0, 0.1) is 11.7 Å². The van der Waals surface area contributed by atoms with Gasteiger partial charge in [0.25, 0.3) is 0 Å². The minimum Gasteiger partial charge on any atom is -0.481 e. The molecular weight excluding hydrogens is 385 g/mol. The highest BCUT2D eigenvalue weighted by Crippen LogP contribution is 2.35. The van der Waals surface area contributed by atoms with E-state index in [2.05, 4.69) is 0 Å². The van der Waals surface area contributed by atoms with Gasteiger partial charge in [-0.2, -0.15) is 0 Å². The van der Waals surface area contributed by atoms with E-state index < -0.39 is 5.97 Å². The summed E-state index contributed by atoms with van der Waals surface area (Å²) < 4.78 is 15.4. The molecule has 4 rings (SSSR count). The molecule has 0 radical (unpaired) electrons. The van der Waals surface area contributed by atoms with Gasteiger partial charge in [0, 0.05) is 31.1 Å². The first-order chi connectivity index (χ1) is 14.4. The number of benzene rings is 1. The van der Waals surface area contributed by atoms with E-state index in [1.165, 1.54) is 12.1 Å². The molecule has 0 saturated carbocycles. The zero-order valence-corrected chi connectivity index (χ0v) is 16.8. The Morgan fingerprint density at radius 3 is 2.70 bits per heavy atom. The van der Waals surface area contributed by atoms with Gasteiger partial charge in [-0.05, 0) is 55.2 Å². The first-order valence-electron chi connectivity index (χ1n) is 10.2. The number of carboxylic acid groups (broad SMARTS) is 1. The average Bonchev–Trinajstić information content (AvgIpc) is 3.32. The van der Waals surface area contributed by atoms with Crippen molar-refractivity contribution in [1.29, 1.82) is 0 Å². The van der Waals surface area contributed by atoms with Crippen LogP contribution < -0.4 is 0 Å². The van der Waals surface area contributed by atoms with Gasteiger partial charge in [0.1, 0.15) is 11.6 Å². The zero-order chi connectivity index (χ0) is 21.3. The number of carboxylic acids is 1. The Morgan fingerprint density at radius 1 is 1.20 bits per heavy atom. The van der Waals surface area contributed by atoms with Gasteiger partial charge in [0.2, 0.25) is 5.91 Å². The lowest BCUT2D eigenvalue weighted by Gasteiger charge is -2.25. The number of hydrogen-bond acceptors (Lipinski definition) is 3. The lowest BCUT2D eigenvalue weighted by Crippen LogP contribution is -2.32. The highest BCUT2D eigenvalue weighted by Gasteiger charge is 2.34. The Bertz CT molecular complexity index is 1080. The first-order valence-corrected chi connectivity index (χ1v) is 10.2. The maximum Gasteiger partial charge on any atom is 0.303 e. The number of amides is 1.